The van der Waals surface area contributed by atoms with Gasteiger partial charge in [-0.3, -0.25) is 0 Å². The van der Waals surface area contributed by atoms with Crippen molar-refractivity contribution in [3.05, 3.63) is 35.4 Å². The molecule has 0 fully saturated rings. The van der Waals surface area contributed by atoms with Gasteiger partial charge >= 0.3 is 5.97 Å². The highest BCUT2D eigenvalue weighted by Gasteiger charge is 2.03. The number of alkyl halides is 1. The molecule has 0 saturated heterocycles. The average molecular weight is 229 g/mol. The predicted octanol–water partition coefficient (Wildman–Crippen LogP) is 2.84. The Bertz CT molecular complexity index is 277. The monoisotopic (exact) mass is 228 g/mol. The van der Waals surface area contributed by atoms with Gasteiger partial charge in [-0.25, -0.2) is 4.79 Å². The molecule has 0 aliphatic heterocycles. The van der Waals surface area contributed by atoms with Gasteiger partial charge in [0.2, 0.25) is 0 Å². The number of benzene rings is 1. The molecule has 0 aromatic heterocycles. The van der Waals surface area contributed by atoms with Crippen LogP contribution in [0.15, 0.2) is 24.3 Å². The highest BCUT2D eigenvalue weighted by Crippen LogP contribution is 2.21. The SMILES string of the molecule is C[C@H](Br)c1ccc(C(=O)O)cc1. The van der Waals surface area contributed by atoms with E-state index in [2.05, 4.69) is 15.9 Å². The van der Waals surface area contributed by atoms with Crippen molar-refractivity contribution >= 4 is 21.9 Å². The standard InChI is InChI=1S/C9H9BrO2/c1-6(10)7-2-4-8(5-3-7)9(11)12/h2-6H,1H3,(H,11,12)/t6-/m0/s1. The first-order valence-electron chi connectivity index (χ1n) is 3.58. The van der Waals surface area contributed by atoms with E-state index in [-0.39, 0.29) is 4.83 Å². The molecule has 0 unspecified atom stereocenters. The number of halogens is 1. The summed E-state index contributed by atoms with van der Waals surface area (Å²) in [6, 6.07) is 6.83. The van der Waals surface area contributed by atoms with E-state index in [0.717, 1.165) is 5.56 Å². The van der Waals surface area contributed by atoms with E-state index in [9.17, 15) is 4.79 Å². The Balaban J connectivity index is 2.93. The van der Waals surface area contributed by atoms with Crippen LogP contribution in [0.3, 0.4) is 0 Å². The average Bonchev–Trinajstić information content (AvgIpc) is 2.04. The molecule has 1 aromatic rings. The first kappa shape index (κ1) is 9.26. The van der Waals surface area contributed by atoms with Crippen LogP contribution in [-0.2, 0) is 0 Å². The van der Waals surface area contributed by atoms with Crippen LogP contribution in [0.2, 0.25) is 0 Å². The topological polar surface area (TPSA) is 37.3 Å². The van der Waals surface area contributed by atoms with E-state index >= 15 is 0 Å². The maximum atomic E-state index is 10.5. The summed E-state index contributed by atoms with van der Waals surface area (Å²) in [5.41, 5.74) is 1.41. The molecular formula is C9H9BrO2. The number of carboxylic acids is 1. The molecule has 0 aliphatic carbocycles. The first-order chi connectivity index (χ1) is 5.61. The third-order valence-electron chi connectivity index (χ3n) is 1.62. The van der Waals surface area contributed by atoms with E-state index in [1.807, 2.05) is 19.1 Å². The minimum atomic E-state index is -0.885. The van der Waals surface area contributed by atoms with Crippen LogP contribution >= 0.6 is 15.9 Å². The lowest BCUT2D eigenvalue weighted by Gasteiger charge is -2.02. The minimum absolute atomic E-state index is 0.264. The van der Waals surface area contributed by atoms with Gasteiger partial charge in [0.1, 0.15) is 0 Å². The van der Waals surface area contributed by atoms with Crippen molar-refractivity contribution in [1.29, 1.82) is 0 Å². The van der Waals surface area contributed by atoms with Gasteiger partial charge < -0.3 is 5.11 Å². The molecule has 64 valence electrons. The van der Waals surface area contributed by atoms with Crippen LogP contribution in [0.5, 0.6) is 0 Å². The molecule has 0 heterocycles. The molecule has 1 N–H and O–H groups in total. The third-order valence-corrected chi connectivity index (χ3v) is 2.15. The van der Waals surface area contributed by atoms with E-state index in [1.165, 1.54) is 0 Å². The Morgan fingerprint density at radius 3 is 2.25 bits per heavy atom. The number of rotatable bonds is 2. The fourth-order valence-electron chi connectivity index (χ4n) is 0.891. The predicted molar refractivity (Wildman–Crippen MR) is 50.7 cm³/mol. The maximum Gasteiger partial charge on any atom is 0.335 e. The smallest absolute Gasteiger partial charge is 0.335 e. The molecule has 1 atom stereocenters. The van der Waals surface area contributed by atoms with Gasteiger partial charge in [-0.1, -0.05) is 28.1 Å². The first-order valence-corrected chi connectivity index (χ1v) is 4.50. The van der Waals surface area contributed by atoms with Gasteiger partial charge in [-0.05, 0) is 24.6 Å². The van der Waals surface area contributed by atoms with Gasteiger partial charge in [-0.15, -0.1) is 0 Å². The lowest BCUT2D eigenvalue weighted by atomic mass is 10.1. The Kier molecular flexibility index (Phi) is 2.87. The molecule has 1 rings (SSSR count). The lowest BCUT2D eigenvalue weighted by Crippen LogP contribution is -1.95. The number of carboxylic acid groups (broad SMARTS) is 1. The summed E-state index contributed by atoms with van der Waals surface area (Å²) < 4.78 is 0. The zero-order valence-electron chi connectivity index (χ0n) is 6.62. The molecular weight excluding hydrogens is 220 g/mol. The van der Waals surface area contributed by atoms with Crippen LogP contribution < -0.4 is 0 Å². The normalized spacial score (nSPS) is 12.5. The molecule has 12 heavy (non-hydrogen) atoms. The summed E-state index contributed by atoms with van der Waals surface area (Å²) >= 11 is 3.40. The van der Waals surface area contributed by atoms with Crippen molar-refractivity contribution < 1.29 is 9.90 Å². The van der Waals surface area contributed by atoms with Gasteiger partial charge in [0.15, 0.2) is 0 Å². The molecule has 3 heteroatoms. The van der Waals surface area contributed by atoms with Crippen molar-refractivity contribution in [1.82, 2.24) is 0 Å². The Hall–Kier alpha value is -0.830. The van der Waals surface area contributed by atoms with Crippen molar-refractivity contribution in [3.63, 3.8) is 0 Å². The fourth-order valence-corrected chi connectivity index (χ4v) is 1.20. The van der Waals surface area contributed by atoms with Gasteiger partial charge in [0.05, 0.1) is 5.56 Å². The highest BCUT2D eigenvalue weighted by atomic mass is 79.9. The summed E-state index contributed by atoms with van der Waals surface area (Å²) in [6.07, 6.45) is 0. The summed E-state index contributed by atoms with van der Waals surface area (Å²) in [5, 5.41) is 8.60. The highest BCUT2D eigenvalue weighted by molar-refractivity contribution is 9.09. The quantitative estimate of drug-likeness (QED) is 0.791. The molecule has 1 aromatic carbocycles. The Labute approximate surface area is 79.3 Å². The van der Waals surface area contributed by atoms with Crippen LogP contribution in [-0.4, -0.2) is 11.1 Å². The van der Waals surface area contributed by atoms with Gasteiger partial charge in [0.25, 0.3) is 0 Å². The fraction of sp³-hybridized carbons (Fsp3) is 0.222. The van der Waals surface area contributed by atoms with Crippen LogP contribution in [0.1, 0.15) is 27.7 Å². The number of aromatic carboxylic acids is 1. The number of carbonyl (C=O) groups is 1. The van der Waals surface area contributed by atoms with Crippen molar-refractivity contribution in [2.24, 2.45) is 0 Å². The summed E-state index contributed by atoms with van der Waals surface area (Å²) in [7, 11) is 0. The molecule has 2 nitrogen and oxygen atoms in total. The minimum Gasteiger partial charge on any atom is -0.478 e. The molecule has 0 spiro atoms. The van der Waals surface area contributed by atoms with E-state index < -0.39 is 5.97 Å². The van der Waals surface area contributed by atoms with E-state index in [0.29, 0.717) is 5.56 Å². The maximum absolute atomic E-state index is 10.5. The summed E-state index contributed by atoms with van der Waals surface area (Å²) in [4.78, 5) is 10.7. The van der Waals surface area contributed by atoms with Crippen LogP contribution in [0.25, 0.3) is 0 Å². The molecule has 0 aliphatic rings. The Morgan fingerprint density at radius 1 is 1.42 bits per heavy atom. The zero-order valence-corrected chi connectivity index (χ0v) is 8.21. The number of hydrogen-bond donors (Lipinski definition) is 1. The largest absolute Gasteiger partial charge is 0.478 e. The van der Waals surface area contributed by atoms with Crippen molar-refractivity contribution in [2.75, 3.05) is 0 Å². The zero-order chi connectivity index (χ0) is 9.14. The lowest BCUT2D eigenvalue weighted by molar-refractivity contribution is 0.0697. The van der Waals surface area contributed by atoms with Gasteiger partial charge in [-0.2, -0.15) is 0 Å². The van der Waals surface area contributed by atoms with Crippen LogP contribution in [0.4, 0.5) is 0 Å². The van der Waals surface area contributed by atoms with Gasteiger partial charge in [0, 0.05) is 4.83 Å². The summed E-state index contributed by atoms with van der Waals surface area (Å²) in [6.45, 7) is 2.00. The van der Waals surface area contributed by atoms with E-state index in [1.54, 1.807) is 12.1 Å². The van der Waals surface area contributed by atoms with E-state index in [4.69, 9.17) is 5.11 Å². The molecule has 0 radical (unpaired) electrons. The second-order valence-corrected chi connectivity index (χ2v) is 3.92. The molecule has 0 saturated carbocycles. The molecule has 0 amide bonds. The number of hydrogen-bond acceptors (Lipinski definition) is 1. The van der Waals surface area contributed by atoms with Crippen LogP contribution in [0, 0.1) is 0 Å². The molecule has 0 bridgehead atoms. The second-order valence-electron chi connectivity index (χ2n) is 2.54. The van der Waals surface area contributed by atoms with Crippen molar-refractivity contribution in [3.8, 4) is 0 Å². The Morgan fingerprint density at radius 2 is 1.92 bits per heavy atom. The third kappa shape index (κ3) is 2.08. The second kappa shape index (κ2) is 3.72. The summed E-state index contributed by atoms with van der Waals surface area (Å²) in [5.74, 6) is -0.885. The van der Waals surface area contributed by atoms with Crippen molar-refractivity contribution in [2.45, 2.75) is 11.8 Å².